The maximum Gasteiger partial charge on any atom is 0.327 e. The van der Waals surface area contributed by atoms with Crippen LogP contribution in [0.4, 0.5) is 9.18 Å². The van der Waals surface area contributed by atoms with Crippen molar-refractivity contribution < 1.29 is 23.5 Å². The van der Waals surface area contributed by atoms with E-state index in [0.29, 0.717) is 13.0 Å². The fourth-order valence-corrected chi connectivity index (χ4v) is 3.25. The summed E-state index contributed by atoms with van der Waals surface area (Å²) in [6.07, 6.45) is 0.561. The third kappa shape index (κ3) is 5.14. The molecule has 0 atom stereocenters. The van der Waals surface area contributed by atoms with Crippen LogP contribution in [0.1, 0.15) is 11.1 Å². The van der Waals surface area contributed by atoms with E-state index in [2.05, 4.69) is 0 Å². The van der Waals surface area contributed by atoms with Crippen LogP contribution in [-0.2, 0) is 22.6 Å². The van der Waals surface area contributed by atoms with Gasteiger partial charge in [0.05, 0.1) is 7.11 Å². The number of hydrogen-bond donors (Lipinski definition) is 0. The summed E-state index contributed by atoms with van der Waals surface area (Å²) < 4.78 is 18.5. The van der Waals surface area contributed by atoms with E-state index in [1.165, 1.54) is 24.1 Å². The molecule has 1 aliphatic heterocycles. The molecule has 0 saturated carbocycles. The molecule has 1 heterocycles. The van der Waals surface area contributed by atoms with Crippen LogP contribution in [0.15, 0.2) is 48.5 Å². The Kier molecular flexibility index (Phi) is 6.66. The molecule has 8 heteroatoms. The van der Waals surface area contributed by atoms with Gasteiger partial charge in [-0.3, -0.25) is 14.5 Å². The lowest BCUT2D eigenvalue weighted by Crippen LogP contribution is -2.43. The van der Waals surface area contributed by atoms with E-state index < -0.39 is 11.9 Å². The van der Waals surface area contributed by atoms with Crippen molar-refractivity contribution in [2.24, 2.45) is 0 Å². The number of amides is 4. The molecule has 30 heavy (non-hydrogen) atoms. The Labute approximate surface area is 174 Å². The number of benzene rings is 2. The third-order valence-electron chi connectivity index (χ3n) is 4.97. The van der Waals surface area contributed by atoms with E-state index in [4.69, 9.17) is 4.74 Å². The fourth-order valence-electron chi connectivity index (χ4n) is 3.25. The zero-order chi connectivity index (χ0) is 21.7. The maximum atomic E-state index is 13.2. The Morgan fingerprint density at radius 1 is 1.13 bits per heavy atom. The van der Waals surface area contributed by atoms with Crippen molar-refractivity contribution in [2.75, 3.05) is 33.8 Å². The van der Waals surface area contributed by atoms with Crippen LogP contribution in [0.2, 0.25) is 0 Å². The molecule has 3 rings (SSSR count). The summed E-state index contributed by atoms with van der Waals surface area (Å²) in [6.45, 7) is 0.264. The van der Waals surface area contributed by atoms with Gasteiger partial charge in [0.25, 0.3) is 5.91 Å². The summed E-state index contributed by atoms with van der Waals surface area (Å²) >= 11 is 0. The van der Waals surface area contributed by atoms with Gasteiger partial charge in [0.1, 0.15) is 24.7 Å². The SMILES string of the molecule is COc1cccc(CCN(Cc2ccc(F)cc2)C(=O)CN2C(=O)CN(C)C2=O)c1. The van der Waals surface area contributed by atoms with E-state index >= 15 is 0 Å². The topological polar surface area (TPSA) is 70.2 Å². The van der Waals surface area contributed by atoms with Gasteiger partial charge >= 0.3 is 6.03 Å². The highest BCUT2D eigenvalue weighted by atomic mass is 19.1. The minimum Gasteiger partial charge on any atom is -0.497 e. The summed E-state index contributed by atoms with van der Waals surface area (Å²) in [5.74, 6) is -0.380. The lowest BCUT2D eigenvalue weighted by Gasteiger charge is -2.25. The highest BCUT2D eigenvalue weighted by Crippen LogP contribution is 2.15. The van der Waals surface area contributed by atoms with Crippen molar-refractivity contribution >= 4 is 17.8 Å². The third-order valence-corrected chi connectivity index (χ3v) is 4.97. The van der Waals surface area contributed by atoms with Crippen LogP contribution in [0.25, 0.3) is 0 Å². The number of imide groups is 1. The molecule has 158 valence electrons. The van der Waals surface area contributed by atoms with Crippen LogP contribution in [0.3, 0.4) is 0 Å². The molecule has 0 aromatic heterocycles. The molecule has 4 amide bonds. The van der Waals surface area contributed by atoms with Gasteiger partial charge in [0.2, 0.25) is 5.91 Å². The highest BCUT2D eigenvalue weighted by molar-refractivity contribution is 6.04. The largest absolute Gasteiger partial charge is 0.497 e. The number of likely N-dealkylation sites (N-methyl/N-ethyl adjacent to an activating group) is 1. The first-order valence-corrected chi connectivity index (χ1v) is 9.58. The molecule has 7 nitrogen and oxygen atoms in total. The minimum atomic E-state index is -0.483. The van der Waals surface area contributed by atoms with Crippen LogP contribution < -0.4 is 4.74 Å². The summed E-state index contributed by atoms with van der Waals surface area (Å²) in [7, 11) is 3.11. The first-order valence-electron chi connectivity index (χ1n) is 9.58. The zero-order valence-electron chi connectivity index (χ0n) is 17.0. The Bertz CT molecular complexity index is 932. The summed E-state index contributed by atoms with van der Waals surface area (Å²) in [6, 6.07) is 13.0. The molecule has 1 saturated heterocycles. The first-order chi connectivity index (χ1) is 14.4. The summed E-state index contributed by atoms with van der Waals surface area (Å²) in [4.78, 5) is 40.9. The molecule has 1 aliphatic rings. The van der Waals surface area contributed by atoms with Gasteiger partial charge in [-0.25, -0.2) is 9.18 Å². The molecule has 0 N–H and O–H groups in total. The van der Waals surface area contributed by atoms with Gasteiger partial charge < -0.3 is 14.5 Å². The number of carbonyl (C=O) groups is 3. The van der Waals surface area contributed by atoms with Crippen molar-refractivity contribution in [3.63, 3.8) is 0 Å². The van der Waals surface area contributed by atoms with Crippen LogP contribution in [-0.4, -0.2) is 66.3 Å². The molecular weight excluding hydrogens is 389 g/mol. The van der Waals surface area contributed by atoms with Gasteiger partial charge in [-0.15, -0.1) is 0 Å². The maximum absolute atomic E-state index is 13.2. The molecule has 0 unspecified atom stereocenters. The lowest BCUT2D eigenvalue weighted by molar-refractivity contribution is -0.137. The van der Waals surface area contributed by atoms with Gasteiger partial charge in [0.15, 0.2) is 0 Å². The molecule has 0 bridgehead atoms. The zero-order valence-corrected chi connectivity index (χ0v) is 17.0. The Balaban J connectivity index is 1.73. The Morgan fingerprint density at radius 2 is 1.87 bits per heavy atom. The standard InChI is InChI=1S/C22H24FN3O4/c1-24-14-21(28)26(22(24)29)15-20(27)25(13-17-6-8-18(23)9-7-17)11-10-16-4-3-5-19(12-16)30-2/h3-9,12H,10-11,13-15H2,1-2H3. The smallest absolute Gasteiger partial charge is 0.327 e. The van der Waals surface area contributed by atoms with Crippen molar-refractivity contribution in [3.8, 4) is 5.75 Å². The van der Waals surface area contributed by atoms with Gasteiger partial charge in [-0.1, -0.05) is 24.3 Å². The normalized spacial score (nSPS) is 13.7. The average Bonchev–Trinajstić information content (AvgIpc) is 2.98. The molecule has 0 radical (unpaired) electrons. The quantitative estimate of drug-likeness (QED) is 0.623. The monoisotopic (exact) mass is 413 g/mol. The number of hydrogen-bond acceptors (Lipinski definition) is 4. The summed E-state index contributed by atoms with van der Waals surface area (Å²) in [5.41, 5.74) is 1.74. The Hall–Kier alpha value is -3.42. The van der Waals surface area contributed by atoms with Crippen molar-refractivity contribution in [2.45, 2.75) is 13.0 Å². The molecule has 1 fully saturated rings. The number of urea groups is 1. The van der Waals surface area contributed by atoms with E-state index in [1.807, 2.05) is 24.3 Å². The number of rotatable bonds is 8. The van der Waals surface area contributed by atoms with Crippen molar-refractivity contribution in [1.29, 1.82) is 0 Å². The number of methoxy groups -OCH3 is 1. The highest BCUT2D eigenvalue weighted by Gasteiger charge is 2.35. The summed E-state index contributed by atoms with van der Waals surface area (Å²) in [5, 5.41) is 0. The van der Waals surface area contributed by atoms with E-state index in [1.54, 1.807) is 24.1 Å². The van der Waals surface area contributed by atoms with E-state index in [0.717, 1.165) is 21.8 Å². The number of halogens is 1. The van der Waals surface area contributed by atoms with Gasteiger partial charge in [0, 0.05) is 20.1 Å². The first kappa shape index (κ1) is 21.3. The minimum absolute atomic E-state index is 0.0338. The fraction of sp³-hybridized carbons (Fsp3) is 0.318. The molecule has 2 aromatic carbocycles. The second-order valence-corrected chi connectivity index (χ2v) is 7.16. The van der Waals surface area contributed by atoms with Gasteiger partial charge in [-0.05, 0) is 41.8 Å². The van der Waals surface area contributed by atoms with Crippen molar-refractivity contribution in [1.82, 2.24) is 14.7 Å². The predicted octanol–water partition coefficient (Wildman–Crippen LogP) is 2.30. The molecule has 2 aromatic rings. The van der Waals surface area contributed by atoms with Crippen molar-refractivity contribution in [3.05, 3.63) is 65.5 Å². The average molecular weight is 413 g/mol. The predicted molar refractivity (Wildman–Crippen MR) is 108 cm³/mol. The molecule has 0 aliphatic carbocycles. The van der Waals surface area contributed by atoms with Crippen LogP contribution in [0.5, 0.6) is 5.75 Å². The van der Waals surface area contributed by atoms with Crippen LogP contribution in [0, 0.1) is 5.82 Å². The number of nitrogens with zero attached hydrogens (tertiary/aromatic N) is 3. The van der Waals surface area contributed by atoms with Crippen LogP contribution >= 0.6 is 0 Å². The Morgan fingerprint density at radius 3 is 2.50 bits per heavy atom. The lowest BCUT2D eigenvalue weighted by atomic mass is 10.1. The second-order valence-electron chi connectivity index (χ2n) is 7.16. The second kappa shape index (κ2) is 9.39. The van der Waals surface area contributed by atoms with E-state index in [-0.39, 0.29) is 31.4 Å². The van der Waals surface area contributed by atoms with Gasteiger partial charge in [-0.2, -0.15) is 0 Å². The number of carbonyl (C=O) groups excluding carboxylic acids is 3. The van der Waals surface area contributed by atoms with E-state index in [9.17, 15) is 18.8 Å². The molecular formula is C22H24FN3O4. The molecule has 0 spiro atoms. The number of ether oxygens (including phenoxy) is 1.